The van der Waals surface area contributed by atoms with E-state index in [-0.39, 0.29) is 15.8 Å². The van der Waals surface area contributed by atoms with E-state index in [2.05, 4.69) is 0 Å². The van der Waals surface area contributed by atoms with Gasteiger partial charge in [0.1, 0.15) is 5.56 Å². The SMILES string of the molecule is N=[N+](C(=O)c1ccccc1C(=O)O)C(CCC(=O)O)C(=O)O. The van der Waals surface area contributed by atoms with Gasteiger partial charge >= 0.3 is 23.8 Å². The lowest BCUT2D eigenvalue weighted by Crippen LogP contribution is -2.37. The second kappa shape index (κ2) is 7.07. The Morgan fingerprint density at radius 1 is 1.05 bits per heavy atom. The summed E-state index contributed by atoms with van der Waals surface area (Å²) in [5.41, 5.74) is 6.89. The first-order valence-corrected chi connectivity index (χ1v) is 6.07. The van der Waals surface area contributed by atoms with Crippen LogP contribution in [-0.2, 0) is 9.59 Å². The van der Waals surface area contributed by atoms with Gasteiger partial charge in [-0.25, -0.2) is 14.4 Å². The van der Waals surface area contributed by atoms with Crippen LogP contribution in [0.25, 0.3) is 0 Å². The monoisotopic (exact) mass is 309 g/mol. The summed E-state index contributed by atoms with van der Waals surface area (Å²) >= 11 is 0. The van der Waals surface area contributed by atoms with Gasteiger partial charge in [0.05, 0.1) is 12.0 Å². The van der Waals surface area contributed by atoms with E-state index in [1.54, 1.807) is 0 Å². The number of carbonyl (C=O) groups is 4. The van der Waals surface area contributed by atoms with Crippen molar-refractivity contribution < 1.29 is 39.2 Å². The van der Waals surface area contributed by atoms with E-state index in [4.69, 9.17) is 20.9 Å². The van der Waals surface area contributed by atoms with Crippen molar-refractivity contribution in [1.29, 1.82) is 5.53 Å². The summed E-state index contributed by atoms with van der Waals surface area (Å²) in [6.07, 6.45) is -1.00. The Morgan fingerprint density at radius 3 is 2.05 bits per heavy atom. The van der Waals surface area contributed by atoms with Crippen LogP contribution in [0.3, 0.4) is 0 Å². The molecule has 0 radical (unpaired) electrons. The molecule has 1 amide bonds. The molecule has 1 atom stereocenters. The summed E-state index contributed by atoms with van der Waals surface area (Å²) in [5, 5.41) is 26.6. The number of aromatic carboxylic acids is 1. The summed E-state index contributed by atoms with van der Waals surface area (Å²) in [5.74, 6) is -5.33. The summed E-state index contributed by atoms with van der Waals surface area (Å²) in [6, 6.07) is 3.37. The number of carbonyl (C=O) groups excluding carboxylic acids is 1. The third-order valence-electron chi connectivity index (χ3n) is 2.84. The van der Waals surface area contributed by atoms with Gasteiger partial charge in [-0.15, -0.1) is 0 Å². The van der Waals surface area contributed by atoms with Gasteiger partial charge in [-0.3, -0.25) is 4.79 Å². The van der Waals surface area contributed by atoms with Crippen LogP contribution in [0.15, 0.2) is 24.3 Å². The van der Waals surface area contributed by atoms with Gasteiger partial charge in [-0.2, -0.15) is 0 Å². The molecule has 4 N–H and O–H groups in total. The van der Waals surface area contributed by atoms with Gasteiger partial charge < -0.3 is 15.3 Å². The molecule has 1 unspecified atom stereocenters. The minimum atomic E-state index is -1.69. The Morgan fingerprint density at radius 2 is 1.59 bits per heavy atom. The zero-order valence-corrected chi connectivity index (χ0v) is 11.2. The van der Waals surface area contributed by atoms with Crippen LogP contribution in [0.2, 0.25) is 0 Å². The van der Waals surface area contributed by atoms with Gasteiger partial charge in [0, 0.05) is 6.42 Å². The van der Waals surface area contributed by atoms with Crippen LogP contribution in [0.1, 0.15) is 33.6 Å². The zero-order valence-electron chi connectivity index (χ0n) is 11.2. The molecule has 0 spiro atoms. The molecule has 9 heteroatoms. The predicted octanol–water partition coefficient (Wildman–Crippen LogP) is 0.886. The van der Waals surface area contributed by atoms with Crippen molar-refractivity contribution >= 4 is 23.8 Å². The number of rotatable bonds is 7. The van der Waals surface area contributed by atoms with E-state index in [9.17, 15) is 19.2 Å². The number of amides is 1. The maximum absolute atomic E-state index is 12.1. The van der Waals surface area contributed by atoms with Crippen molar-refractivity contribution in [3.8, 4) is 0 Å². The Bertz CT molecular complexity index is 654. The number of aliphatic carboxylic acids is 2. The number of hydrogen-bond acceptors (Lipinski definition) is 5. The summed E-state index contributed by atoms with van der Waals surface area (Å²) in [6.45, 7) is 0. The normalized spacial score (nSPS) is 11.5. The lowest BCUT2D eigenvalue weighted by molar-refractivity contribution is -0.548. The Hall–Kier alpha value is -3.10. The van der Waals surface area contributed by atoms with Gasteiger partial charge in [0.15, 0.2) is 0 Å². The fourth-order valence-electron chi connectivity index (χ4n) is 1.75. The van der Waals surface area contributed by atoms with Crippen LogP contribution in [0, 0.1) is 5.53 Å². The molecule has 0 saturated carbocycles. The molecule has 0 fully saturated rings. The van der Waals surface area contributed by atoms with Crippen molar-refractivity contribution in [3.63, 3.8) is 0 Å². The fourth-order valence-corrected chi connectivity index (χ4v) is 1.75. The minimum Gasteiger partial charge on any atom is -0.481 e. The van der Waals surface area contributed by atoms with Crippen molar-refractivity contribution in [2.75, 3.05) is 0 Å². The lowest BCUT2D eigenvalue weighted by Gasteiger charge is -2.07. The molecule has 0 aliphatic carbocycles. The van der Waals surface area contributed by atoms with Crippen LogP contribution in [0.4, 0.5) is 0 Å². The molecule has 0 aliphatic heterocycles. The standard InChI is InChI=1S/C13H12N2O7/c14-15(9(13(21)22)5-6-10(16)17)11(18)7-3-1-2-4-8(7)12(19)20/h1-4,9,14H,5-6H2,(H2-,16,17,19,20,21,22)/p+1. The van der Waals surface area contributed by atoms with Crippen molar-refractivity contribution in [2.45, 2.75) is 18.9 Å². The highest BCUT2D eigenvalue weighted by molar-refractivity contribution is 6.01. The number of carboxylic acid groups (broad SMARTS) is 3. The number of nitrogens with one attached hydrogen (secondary N) is 1. The maximum atomic E-state index is 12.1. The first-order valence-electron chi connectivity index (χ1n) is 6.07. The molecular formula is C13H13N2O7+. The molecule has 116 valence electrons. The molecule has 1 aromatic rings. The number of nitrogens with zero attached hydrogens (tertiary/aromatic N) is 1. The predicted molar refractivity (Wildman–Crippen MR) is 69.0 cm³/mol. The second-order valence-electron chi connectivity index (χ2n) is 4.31. The zero-order chi connectivity index (χ0) is 16.9. The summed E-state index contributed by atoms with van der Waals surface area (Å²) in [7, 11) is 0. The number of benzene rings is 1. The smallest absolute Gasteiger partial charge is 0.445 e. The molecule has 1 aromatic carbocycles. The lowest BCUT2D eigenvalue weighted by atomic mass is 10.1. The minimum absolute atomic E-state index is 0.0903. The molecule has 9 nitrogen and oxygen atoms in total. The highest BCUT2D eigenvalue weighted by atomic mass is 16.4. The molecule has 22 heavy (non-hydrogen) atoms. The van der Waals surface area contributed by atoms with Gasteiger partial charge in [0.25, 0.3) is 6.04 Å². The largest absolute Gasteiger partial charge is 0.481 e. The molecule has 0 saturated heterocycles. The molecule has 0 heterocycles. The second-order valence-corrected chi connectivity index (χ2v) is 4.31. The van der Waals surface area contributed by atoms with E-state index in [1.807, 2.05) is 0 Å². The van der Waals surface area contributed by atoms with Crippen molar-refractivity contribution in [1.82, 2.24) is 0 Å². The van der Waals surface area contributed by atoms with Gasteiger partial charge in [-0.05, 0) is 16.8 Å². The average Bonchev–Trinajstić information content (AvgIpc) is 2.45. The molecule has 1 rings (SSSR count). The van der Waals surface area contributed by atoms with Crippen molar-refractivity contribution in [2.24, 2.45) is 0 Å². The van der Waals surface area contributed by atoms with E-state index in [1.165, 1.54) is 12.1 Å². The van der Waals surface area contributed by atoms with Crippen molar-refractivity contribution in [3.05, 3.63) is 35.4 Å². The van der Waals surface area contributed by atoms with Crippen LogP contribution < -0.4 is 0 Å². The van der Waals surface area contributed by atoms with E-state index in [0.717, 1.165) is 12.1 Å². The fraction of sp³-hybridized carbons (Fsp3) is 0.231. The van der Waals surface area contributed by atoms with Crippen LogP contribution >= 0.6 is 0 Å². The quantitative estimate of drug-likeness (QED) is 0.430. The Labute approximate surface area is 123 Å². The summed E-state index contributed by atoms with van der Waals surface area (Å²) in [4.78, 5) is 44.7. The van der Waals surface area contributed by atoms with E-state index < -0.39 is 42.7 Å². The highest BCUT2D eigenvalue weighted by Gasteiger charge is 2.38. The number of carboxylic acids is 3. The molecule has 0 aliphatic rings. The van der Waals surface area contributed by atoms with Crippen LogP contribution in [-0.4, -0.2) is 49.9 Å². The average molecular weight is 309 g/mol. The Kier molecular flexibility index (Phi) is 5.44. The van der Waals surface area contributed by atoms with E-state index in [0.29, 0.717) is 0 Å². The third kappa shape index (κ3) is 3.95. The topological polar surface area (TPSA) is 156 Å². The summed E-state index contributed by atoms with van der Waals surface area (Å²) < 4.78 is 0.0903. The molecular weight excluding hydrogens is 296 g/mol. The van der Waals surface area contributed by atoms with Crippen LogP contribution in [0.5, 0.6) is 0 Å². The molecule has 0 aromatic heterocycles. The maximum Gasteiger partial charge on any atom is 0.445 e. The number of hydrogen-bond donors (Lipinski definition) is 4. The first-order chi connectivity index (χ1) is 10.3. The van der Waals surface area contributed by atoms with Gasteiger partial charge in [-0.1, -0.05) is 17.7 Å². The van der Waals surface area contributed by atoms with E-state index >= 15 is 0 Å². The highest BCUT2D eigenvalue weighted by Crippen LogP contribution is 2.13. The Balaban J connectivity index is 3.09. The first kappa shape index (κ1) is 17.0. The third-order valence-corrected chi connectivity index (χ3v) is 2.84. The van der Waals surface area contributed by atoms with Gasteiger partial charge in [0.2, 0.25) is 0 Å². The molecule has 0 bridgehead atoms.